The lowest BCUT2D eigenvalue weighted by atomic mass is 10.1. The van der Waals surface area contributed by atoms with Gasteiger partial charge in [0.05, 0.1) is 0 Å². The molecule has 0 rings (SSSR count). The molecule has 5 heteroatoms. The smallest absolute Gasteiger partial charge is 0.323 e. The summed E-state index contributed by atoms with van der Waals surface area (Å²) in [5.74, 6) is -0.189. The molecule has 0 aromatic heterocycles. The summed E-state index contributed by atoms with van der Waals surface area (Å²) in [5.41, 5.74) is -0.849. The molecule has 0 spiro atoms. The SMILES string of the molecule is CCC(C)(O[Si](C)(C)C(C)(C)C)C(=O)O[Si](C)(C)C(C)(C)C. The molecule has 0 heterocycles. The van der Waals surface area contributed by atoms with Crippen LogP contribution in [-0.2, 0) is 13.6 Å². The van der Waals surface area contributed by atoms with Crippen LogP contribution in [0.25, 0.3) is 0 Å². The summed E-state index contributed by atoms with van der Waals surface area (Å²) in [6.45, 7) is 25.5. The molecule has 0 aliphatic rings. The van der Waals surface area contributed by atoms with E-state index in [4.69, 9.17) is 8.85 Å². The maximum absolute atomic E-state index is 12.9. The largest absolute Gasteiger partial charge is 0.517 e. The minimum absolute atomic E-state index is 0.00822. The van der Waals surface area contributed by atoms with Crippen LogP contribution < -0.4 is 0 Å². The third-order valence-corrected chi connectivity index (χ3v) is 14.4. The number of carbonyl (C=O) groups excluding carboxylic acids is 1. The van der Waals surface area contributed by atoms with Gasteiger partial charge in [-0.3, -0.25) is 4.79 Å². The van der Waals surface area contributed by atoms with Gasteiger partial charge < -0.3 is 8.85 Å². The molecule has 0 saturated carbocycles. The summed E-state index contributed by atoms with van der Waals surface area (Å²) in [4.78, 5) is 12.9. The average molecular weight is 347 g/mol. The quantitative estimate of drug-likeness (QED) is 0.597. The molecule has 0 bridgehead atoms. The molecule has 22 heavy (non-hydrogen) atoms. The van der Waals surface area contributed by atoms with Crippen LogP contribution in [0.5, 0.6) is 0 Å². The summed E-state index contributed by atoms with van der Waals surface area (Å²) in [5, 5.41) is 0.0783. The number of hydrogen-bond acceptors (Lipinski definition) is 3. The molecule has 0 saturated heterocycles. The Morgan fingerprint density at radius 2 is 1.18 bits per heavy atom. The summed E-state index contributed by atoms with van der Waals surface area (Å²) in [7, 11) is -4.16. The lowest BCUT2D eigenvalue weighted by Gasteiger charge is -2.44. The Balaban J connectivity index is 5.37. The predicted molar refractivity (Wildman–Crippen MR) is 100 cm³/mol. The average Bonchev–Trinajstić information content (AvgIpc) is 2.24. The highest BCUT2D eigenvalue weighted by Crippen LogP contribution is 2.42. The standard InChI is InChI=1S/C17H38O3Si2/c1-13-17(8,20-22(11,12)16(5,6)7)14(18)19-21(9,10)15(2,3)4/h13H2,1-12H3. The highest BCUT2D eigenvalue weighted by molar-refractivity contribution is 6.76. The highest BCUT2D eigenvalue weighted by atomic mass is 28.4. The third-order valence-electron chi connectivity index (χ3n) is 5.55. The topological polar surface area (TPSA) is 35.5 Å². The lowest BCUT2D eigenvalue weighted by molar-refractivity contribution is -0.153. The monoisotopic (exact) mass is 346 g/mol. The second-order valence-electron chi connectivity index (χ2n) is 9.60. The van der Waals surface area contributed by atoms with E-state index < -0.39 is 22.2 Å². The van der Waals surface area contributed by atoms with E-state index in [0.29, 0.717) is 6.42 Å². The van der Waals surface area contributed by atoms with Crippen molar-refractivity contribution in [2.45, 2.75) is 104 Å². The van der Waals surface area contributed by atoms with Crippen LogP contribution in [0, 0.1) is 0 Å². The van der Waals surface area contributed by atoms with E-state index in [9.17, 15) is 4.79 Å². The van der Waals surface area contributed by atoms with Crippen molar-refractivity contribution in [3.8, 4) is 0 Å². The van der Waals surface area contributed by atoms with E-state index in [0.717, 1.165) is 0 Å². The van der Waals surface area contributed by atoms with Crippen molar-refractivity contribution < 1.29 is 13.6 Å². The third kappa shape index (κ3) is 4.93. The first kappa shape index (κ1) is 21.9. The Hall–Kier alpha value is -0.136. The van der Waals surface area contributed by atoms with E-state index in [-0.39, 0.29) is 16.0 Å². The summed E-state index contributed by atoms with van der Waals surface area (Å²) in [6, 6.07) is 0. The zero-order valence-corrected chi connectivity index (χ0v) is 18.9. The van der Waals surface area contributed by atoms with Gasteiger partial charge in [0.15, 0.2) is 8.32 Å². The first-order chi connectivity index (χ1) is 9.40. The number of hydrogen-bond donors (Lipinski definition) is 0. The van der Waals surface area contributed by atoms with Crippen LogP contribution in [0.1, 0.15) is 61.8 Å². The fraction of sp³-hybridized carbons (Fsp3) is 0.941. The van der Waals surface area contributed by atoms with Crippen LogP contribution in [0.3, 0.4) is 0 Å². The first-order valence-electron chi connectivity index (χ1n) is 8.33. The van der Waals surface area contributed by atoms with Gasteiger partial charge in [-0.1, -0.05) is 48.5 Å². The minimum Gasteiger partial charge on any atom is -0.517 e. The van der Waals surface area contributed by atoms with E-state index in [1.165, 1.54) is 0 Å². The lowest BCUT2D eigenvalue weighted by Crippen LogP contribution is -2.55. The van der Waals surface area contributed by atoms with E-state index >= 15 is 0 Å². The van der Waals surface area contributed by atoms with Crippen molar-refractivity contribution in [1.29, 1.82) is 0 Å². The molecule has 1 unspecified atom stereocenters. The molecule has 0 radical (unpaired) electrons. The van der Waals surface area contributed by atoms with Gasteiger partial charge in [-0.25, -0.2) is 0 Å². The molecule has 0 aliphatic heterocycles. The maximum Gasteiger partial charge on any atom is 0.323 e. The van der Waals surface area contributed by atoms with Gasteiger partial charge in [0.1, 0.15) is 5.60 Å². The van der Waals surface area contributed by atoms with Crippen molar-refractivity contribution in [3.05, 3.63) is 0 Å². The second kappa shape index (κ2) is 6.40. The van der Waals surface area contributed by atoms with Crippen molar-refractivity contribution in [2.24, 2.45) is 0 Å². The van der Waals surface area contributed by atoms with E-state index in [1.54, 1.807) is 0 Å². The molecule has 0 amide bonds. The Bertz CT molecular complexity index is 403. The molecular formula is C17H38O3Si2. The van der Waals surface area contributed by atoms with E-state index in [2.05, 4.69) is 67.7 Å². The highest BCUT2D eigenvalue weighted by Gasteiger charge is 2.49. The Labute approximate surface area is 140 Å². The molecule has 0 fully saturated rings. The molecule has 0 aliphatic carbocycles. The zero-order chi connectivity index (χ0) is 18.2. The molecule has 132 valence electrons. The fourth-order valence-corrected chi connectivity index (χ4v) is 4.11. The van der Waals surface area contributed by atoms with Gasteiger partial charge in [0.2, 0.25) is 0 Å². The van der Waals surface area contributed by atoms with Crippen molar-refractivity contribution in [3.63, 3.8) is 0 Å². The molecule has 0 aromatic carbocycles. The van der Waals surface area contributed by atoms with Crippen molar-refractivity contribution in [1.82, 2.24) is 0 Å². The maximum atomic E-state index is 12.9. The van der Waals surface area contributed by atoms with Crippen LogP contribution in [0.2, 0.25) is 36.3 Å². The first-order valence-corrected chi connectivity index (χ1v) is 14.1. The number of rotatable bonds is 5. The Morgan fingerprint density at radius 1 is 0.818 bits per heavy atom. The Kier molecular flexibility index (Phi) is 6.36. The van der Waals surface area contributed by atoms with Crippen LogP contribution in [0.15, 0.2) is 0 Å². The number of carbonyl (C=O) groups is 1. The van der Waals surface area contributed by atoms with Crippen LogP contribution in [0.4, 0.5) is 0 Å². The van der Waals surface area contributed by atoms with Gasteiger partial charge in [-0.05, 0) is 49.6 Å². The Morgan fingerprint density at radius 3 is 1.45 bits per heavy atom. The second-order valence-corrected chi connectivity index (χ2v) is 19.0. The van der Waals surface area contributed by atoms with Crippen LogP contribution >= 0.6 is 0 Å². The summed E-state index contributed by atoms with van der Waals surface area (Å²) < 4.78 is 12.5. The van der Waals surface area contributed by atoms with E-state index in [1.807, 2.05) is 13.8 Å². The molecule has 0 N–H and O–H groups in total. The van der Waals surface area contributed by atoms with Gasteiger partial charge >= 0.3 is 5.97 Å². The summed E-state index contributed by atoms with van der Waals surface area (Å²) in [6.07, 6.45) is 0.632. The predicted octanol–water partition coefficient (Wildman–Crippen LogP) is 5.73. The molecule has 3 nitrogen and oxygen atoms in total. The molecular weight excluding hydrogens is 308 g/mol. The normalized spacial score (nSPS) is 17.1. The molecule has 0 aromatic rings. The van der Waals surface area contributed by atoms with Crippen molar-refractivity contribution >= 4 is 22.6 Å². The fourth-order valence-electron chi connectivity index (χ4n) is 1.47. The summed E-state index contributed by atoms with van der Waals surface area (Å²) >= 11 is 0. The van der Waals surface area contributed by atoms with Crippen molar-refractivity contribution in [2.75, 3.05) is 0 Å². The van der Waals surface area contributed by atoms with Crippen LogP contribution in [-0.4, -0.2) is 28.2 Å². The van der Waals surface area contributed by atoms with Gasteiger partial charge in [-0.2, -0.15) is 0 Å². The van der Waals surface area contributed by atoms with Gasteiger partial charge in [0, 0.05) is 0 Å². The van der Waals surface area contributed by atoms with Gasteiger partial charge in [-0.15, -0.1) is 0 Å². The molecule has 1 atom stereocenters. The minimum atomic E-state index is -2.13. The van der Waals surface area contributed by atoms with Gasteiger partial charge in [0.25, 0.3) is 8.32 Å². The zero-order valence-electron chi connectivity index (χ0n) is 16.9.